The maximum Gasteiger partial charge on any atom is 0.274 e. The zero-order chi connectivity index (χ0) is 20.3. The largest absolute Gasteiger partial charge is 0.349 e. The van der Waals surface area contributed by atoms with Gasteiger partial charge in [0.25, 0.3) is 11.5 Å². The van der Waals surface area contributed by atoms with E-state index >= 15 is 0 Å². The number of likely N-dealkylation sites (N-methyl/N-ethyl adjacent to an activating group) is 1. The lowest BCUT2D eigenvalue weighted by molar-refractivity contribution is 0.0936. The molecule has 0 aliphatic carbocycles. The molecule has 0 aliphatic rings. The van der Waals surface area contributed by atoms with E-state index in [0.717, 1.165) is 5.56 Å². The molecule has 7 heteroatoms. The Kier molecular flexibility index (Phi) is 6.11. The van der Waals surface area contributed by atoms with Gasteiger partial charge in [-0.25, -0.2) is 4.68 Å². The fourth-order valence-electron chi connectivity index (χ4n) is 3.21. The van der Waals surface area contributed by atoms with Gasteiger partial charge in [-0.05, 0) is 38.7 Å². The highest BCUT2D eigenvalue weighted by Gasteiger charge is 2.20. The number of aromatic nitrogens is 2. The fraction of sp³-hybridized carbons (Fsp3) is 0.286. The summed E-state index contributed by atoms with van der Waals surface area (Å²) in [5, 5.41) is 8.92. The van der Waals surface area contributed by atoms with E-state index in [1.165, 1.54) is 4.68 Å². The lowest BCUT2D eigenvalue weighted by Crippen LogP contribution is -2.36. The summed E-state index contributed by atoms with van der Waals surface area (Å²) in [4.78, 5) is 27.4. The predicted octanol–water partition coefficient (Wildman–Crippen LogP) is 3.10. The van der Waals surface area contributed by atoms with Crippen molar-refractivity contribution in [2.45, 2.75) is 19.5 Å². The van der Waals surface area contributed by atoms with Crippen LogP contribution in [0.25, 0.3) is 10.8 Å². The van der Waals surface area contributed by atoms with E-state index in [4.69, 9.17) is 11.6 Å². The SMILES string of the molecule is CCn1nc(C(=O)NC[C@@H](c2ccccc2Cl)N(C)C)c2ccccc2c1=O. The number of hydrogen-bond acceptors (Lipinski definition) is 4. The maximum absolute atomic E-state index is 12.9. The highest BCUT2D eigenvalue weighted by atomic mass is 35.5. The van der Waals surface area contributed by atoms with E-state index in [2.05, 4.69) is 10.4 Å². The Balaban J connectivity index is 1.92. The predicted molar refractivity (Wildman–Crippen MR) is 112 cm³/mol. The number of amides is 1. The number of benzene rings is 2. The monoisotopic (exact) mass is 398 g/mol. The van der Waals surface area contributed by atoms with E-state index in [9.17, 15) is 9.59 Å². The second kappa shape index (κ2) is 8.54. The van der Waals surface area contributed by atoms with Crippen molar-refractivity contribution in [3.8, 4) is 0 Å². The van der Waals surface area contributed by atoms with Gasteiger partial charge in [0.1, 0.15) is 0 Å². The Labute approximate surface area is 168 Å². The molecule has 1 heterocycles. The van der Waals surface area contributed by atoms with Crippen molar-refractivity contribution in [2.75, 3.05) is 20.6 Å². The standard InChI is InChI=1S/C21H23ClN4O2/c1-4-26-21(28)15-10-6-5-9-14(15)19(24-26)20(27)23-13-18(25(2)3)16-11-7-8-12-17(16)22/h5-12,18H,4,13H2,1-3H3,(H,23,27)/t18-/m0/s1. The Morgan fingerprint density at radius 3 is 2.43 bits per heavy atom. The van der Waals surface area contributed by atoms with Crippen LogP contribution in [0.2, 0.25) is 5.02 Å². The summed E-state index contributed by atoms with van der Waals surface area (Å²) in [5.74, 6) is -0.322. The summed E-state index contributed by atoms with van der Waals surface area (Å²) in [6.07, 6.45) is 0. The zero-order valence-electron chi connectivity index (χ0n) is 16.1. The van der Waals surface area contributed by atoms with Crippen LogP contribution < -0.4 is 10.9 Å². The van der Waals surface area contributed by atoms with Crippen molar-refractivity contribution in [1.29, 1.82) is 0 Å². The fourth-order valence-corrected chi connectivity index (χ4v) is 3.47. The van der Waals surface area contributed by atoms with E-state index in [1.807, 2.05) is 50.2 Å². The number of nitrogens with zero attached hydrogens (tertiary/aromatic N) is 3. The first-order valence-electron chi connectivity index (χ1n) is 9.13. The number of halogens is 1. The molecule has 0 bridgehead atoms. The first-order valence-corrected chi connectivity index (χ1v) is 9.50. The first kappa shape index (κ1) is 20.0. The summed E-state index contributed by atoms with van der Waals surface area (Å²) in [5.41, 5.74) is 0.983. The molecule has 1 amide bonds. The molecule has 3 aromatic rings. The van der Waals surface area contributed by atoms with Crippen LogP contribution in [0.5, 0.6) is 0 Å². The molecule has 146 valence electrons. The lowest BCUT2D eigenvalue weighted by atomic mass is 10.1. The van der Waals surface area contributed by atoms with Gasteiger partial charge in [-0.15, -0.1) is 0 Å². The summed E-state index contributed by atoms with van der Waals surface area (Å²) >= 11 is 6.34. The highest BCUT2D eigenvalue weighted by molar-refractivity contribution is 6.31. The van der Waals surface area contributed by atoms with Gasteiger partial charge < -0.3 is 10.2 Å². The molecule has 28 heavy (non-hydrogen) atoms. The summed E-state index contributed by atoms with van der Waals surface area (Å²) < 4.78 is 1.31. The number of carbonyl (C=O) groups is 1. The number of hydrogen-bond donors (Lipinski definition) is 1. The minimum absolute atomic E-state index is 0.0963. The van der Waals surface area contributed by atoms with Crippen LogP contribution in [0.3, 0.4) is 0 Å². The molecule has 0 fully saturated rings. The lowest BCUT2D eigenvalue weighted by Gasteiger charge is -2.26. The molecule has 0 saturated heterocycles. The second-order valence-corrected chi connectivity index (χ2v) is 7.13. The topological polar surface area (TPSA) is 67.2 Å². The van der Waals surface area contributed by atoms with Gasteiger partial charge in [0.15, 0.2) is 5.69 Å². The molecule has 0 aliphatic heterocycles. The highest BCUT2D eigenvalue weighted by Crippen LogP contribution is 2.25. The normalized spacial score (nSPS) is 12.3. The van der Waals surface area contributed by atoms with E-state index < -0.39 is 0 Å². The molecule has 0 spiro atoms. The Bertz CT molecular complexity index is 1060. The van der Waals surface area contributed by atoms with Crippen LogP contribution in [0, 0.1) is 0 Å². The number of rotatable bonds is 6. The van der Waals surface area contributed by atoms with Gasteiger partial charge in [-0.3, -0.25) is 9.59 Å². The van der Waals surface area contributed by atoms with Crippen LogP contribution in [0.15, 0.2) is 53.3 Å². The van der Waals surface area contributed by atoms with E-state index in [1.54, 1.807) is 24.3 Å². The van der Waals surface area contributed by atoms with Gasteiger partial charge in [0.05, 0.1) is 11.4 Å². The molecular weight excluding hydrogens is 376 g/mol. The van der Waals surface area contributed by atoms with Gasteiger partial charge in [0, 0.05) is 23.5 Å². The van der Waals surface area contributed by atoms with Crippen molar-refractivity contribution in [3.63, 3.8) is 0 Å². The van der Waals surface area contributed by atoms with Gasteiger partial charge in [0.2, 0.25) is 0 Å². The molecule has 0 unspecified atom stereocenters. The first-order chi connectivity index (χ1) is 13.4. The summed E-state index contributed by atoms with van der Waals surface area (Å²) in [6.45, 7) is 2.57. The molecule has 3 rings (SSSR count). The molecule has 0 saturated carbocycles. The van der Waals surface area contributed by atoms with Crippen LogP contribution in [-0.2, 0) is 6.54 Å². The third kappa shape index (κ3) is 3.93. The number of aryl methyl sites for hydroxylation is 1. The van der Waals surface area contributed by atoms with Gasteiger partial charge in [-0.2, -0.15) is 5.10 Å². The molecule has 2 aromatic carbocycles. The van der Waals surface area contributed by atoms with Crippen LogP contribution in [0.1, 0.15) is 29.0 Å². The second-order valence-electron chi connectivity index (χ2n) is 6.73. The van der Waals surface area contributed by atoms with Crippen molar-refractivity contribution >= 4 is 28.3 Å². The Morgan fingerprint density at radius 1 is 1.14 bits per heavy atom. The average molecular weight is 399 g/mol. The number of carbonyl (C=O) groups excluding carboxylic acids is 1. The summed E-state index contributed by atoms with van der Waals surface area (Å²) in [7, 11) is 3.87. The Hall–Kier alpha value is -2.70. The minimum atomic E-state index is -0.322. The van der Waals surface area contributed by atoms with Crippen LogP contribution in [0.4, 0.5) is 0 Å². The third-order valence-corrected chi connectivity index (χ3v) is 5.07. The summed E-state index contributed by atoms with van der Waals surface area (Å²) in [6, 6.07) is 14.5. The van der Waals surface area contributed by atoms with Crippen molar-refractivity contribution in [1.82, 2.24) is 20.0 Å². The van der Waals surface area contributed by atoms with Crippen LogP contribution >= 0.6 is 11.6 Å². The Morgan fingerprint density at radius 2 is 1.79 bits per heavy atom. The molecule has 6 nitrogen and oxygen atoms in total. The van der Waals surface area contributed by atoms with Gasteiger partial charge >= 0.3 is 0 Å². The molecule has 1 atom stereocenters. The molecule has 1 N–H and O–H groups in total. The van der Waals surface area contributed by atoms with Crippen LogP contribution in [-0.4, -0.2) is 41.2 Å². The minimum Gasteiger partial charge on any atom is -0.349 e. The smallest absolute Gasteiger partial charge is 0.274 e. The molecular formula is C21H23ClN4O2. The van der Waals surface area contributed by atoms with Gasteiger partial charge in [-0.1, -0.05) is 48.0 Å². The zero-order valence-corrected chi connectivity index (χ0v) is 16.9. The number of fused-ring (bicyclic) bond motifs is 1. The average Bonchev–Trinajstić information content (AvgIpc) is 2.69. The quantitative estimate of drug-likeness (QED) is 0.692. The molecule has 1 aromatic heterocycles. The van der Waals surface area contributed by atoms with E-state index in [-0.39, 0.29) is 23.2 Å². The number of nitrogens with one attached hydrogen (secondary N) is 1. The van der Waals surface area contributed by atoms with E-state index in [0.29, 0.717) is 28.9 Å². The van der Waals surface area contributed by atoms with Crippen molar-refractivity contribution in [3.05, 3.63) is 75.2 Å². The van der Waals surface area contributed by atoms with Crippen molar-refractivity contribution < 1.29 is 4.79 Å². The molecule has 0 radical (unpaired) electrons. The van der Waals surface area contributed by atoms with Crippen molar-refractivity contribution in [2.24, 2.45) is 0 Å². The third-order valence-electron chi connectivity index (χ3n) is 4.73. The maximum atomic E-state index is 12.9.